The molecule has 2 N–H and O–H groups in total. The Morgan fingerprint density at radius 2 is 1.94 bits per heavy atom. The zero-order chi connectivity index (χ0) is 24.5. The number of aliphatic imine (C=N–C) groups is 1. The quantitative estimate of drug-likeness (QED) is 0.256. The summed E-state index contributed by atoms with van der Waals surface area (Å²) in [5.74, 6) is -0.247. The summed E-state index contributed by atoms with van der Waals surface area (Å²) >= 11 is 0. The van der Waals surface area contributed by atoms with E-state index in [-0.39, 0.29) is 5.82 Å². The van der Waals surface area contributed by atoms with E-state index in [9.17, 15) is 4.39 Å². The number of fused-ring (bicyclic) bond motifs is 2. The lowest BCUT2D eigenvalue weighted by atomic mass is 9.97. The second kappa shape index (κ2) is 9.14. The number of H-pyrrole nitrogens is 2. The van der Waals surface area contributed by atoms with Crippen LogP contribution in [-0.4, -0.2) is 33.4 Å². The van der Waals surface area contributed by atoms with Crippen LogP contribution in [0.15, 0.2) is 83.4 Å². The average molecular weight is 464 g/mol. The number of allylic oxidation sites excluding steroid dienone is 6. The Hall–Kier alpha value is -4.32. The Bertz CT molecular complexity index is 1560. The number of nitrogens with one attached hydrogen (secondary N) is 2. The van der Waals surface area contributed by atoms with Gasteiger partial charge < -0.3 is 4.98 Å². The third-order valence-electron chi connectivity index (χ3n) is 5.96. The van der Waals surface area contributed by atoms with Crippen LogP contribution >= 0.6 is 0 Å². The van der Waals surface area contributed by atoms with Gasteiger partial charge in [0.25, 0.3) is 0 Å². The van der Waals surface area contributed by atoms with Crippen molar-refractivity contribution in [3.8, 4) is 11.4 Å². The molecule has 4 aromatic rings. The molecule has 1 aromatic carbocycles. The maximum absolute atomic E-state index is 13.6. The van der Waals surface area contributed by atoms with Crippen LogP contribution in [0, 0.1) is 5.82 Å². The van der Waals surface area contributed by atoms with Crippen molar-refractivity contribution in [2.75, 3.05) is 7.05 Å². The lowest BCUT2D eigenvalue weighted by Crippen LogP contribution is -1.93. The summed E-state index contributed by atoms with van der Waals surface area (Å²) in [6, 6.07) is 12.7. The standard InChI is InChI=1S/C29H26FN5/c1-17(2)13-20(16-31-4)24-11-12-25-28(33-24)29(35-34-25)27-15-23-22(19-6-8-21(30)9-7-19)10-5-18(3)14-26(23)32-27/h5-13,15-16,32H,1,14H2,2-4H3,(H,34,35)/b20-13+,31-16?. The van der Waals surface area contributed by atoms with Crippen LogP contribution in [0.25, 0.3) is 33.6 Å². The second-order valence-electron chi connectivity index (χ2n) is 8.85. The maximum Gasteiger partial charge on any atom is 0.135 e. The van der Waals surface area contributed by atoms with Gasteiger partial charge in [-0.2, -0.15) is 5.10 Å². The van der Waals surface area contributed by atoms with Crippen molar-refractivity contribution in [3.05, 3.63) is 107 Å². The summed E-state index contributed by atoms with van der Waals surface area (Å²) < 4.78 is 13.6. The number of hydrogen-bond acceptors (Lipinski definition) is 3. The molecule has 1 aliphatic carbocycles. The molecule has 3 heterocycles. The van der Waals surface area contributed by atoms with Crippen molar-refractivity contribution >= 4 is 28.4 Å². The average Bonchev–Trinajstić information content (AvgIpc) is 3.40. The number of benzene rings is 1. The molecule has 35 heavy (non-hydrogen) atoms. The first-order chi connectivity index (χ1) is 16.9. The Balaban J connectivity index is 1.63. The molecule has 0 fully saturated rings. The molecule has 5 nitrogen and oxygen atoms in total. The van der Waals surface area contributed by atoms with Gasteiger partial charge in [-0.05, 0) is 61.4 Å². The van der Waals surface area contributed by atoms with E-state index in [1.807, 2.05) is 37.3 Å². The van der Waals surface area contributed by atoms with Gasteiger partial charge >= 0.3 is 0 Å². The molecular formula is C29H26FN5. The minimum absolute atomic E-state index is 0.247. The SMILES string of the molecule is C=C(C)/C=C(\C=NC)c1ccc2[nH]nc(-c3cc4c([nH]3)CC(C)=CC=C4c3ccc(F)cc3)c2n1. The summed E-state index contributed by atoms with van der Waals surface area (Å²) in [4.78, 5) is 12.7. The van der Waals surface area contributed by atoms with E-state index in [2.05, 4.69) is 51.9 Å². The fourth-order valence-electron chi connectivity index (χ4n) is 4.37. The molecule has 3 aromatic heterocycles. The Morgan fingerprint density at radius 1 is 1.14 bits per heavy atom. The molecule has 0 unspecified atom stereocenters. The highest BCUT2D eigenvalue weighted by atomic mass is 19.1. The molecule has 0 amide bonds. The summed E-state index contributed by atoms with van der Waals surface area (Å²) in [7, 11) is 1.74. The fourth-order valence-corrected chi connectivity index (χ4v) is 4.37. The normalized spacial score (nSPS) is 14.1. The minimum atomic E-state index is -0.247. The molecular weight excluding hydrogens is 437 g/mol. The molecule has 0 radical (unpaired) electrons. The largest absolute Gasteiger partial charge is 0.356 e. The van der Waals surface area contributed by atoms with E-state index in [4.69, 9.17) is 4.98 Å². The van der Waals surface area contributed by atoms with E-state index in [1.165, 1.54) is 17.7 Å². The predicted octanol–water partition coefficient (Wildman–Crippen LogP) is 6.69. The number of rotatable bonds is 5. The summed E-state index contributed by atoms with van der Waals surface area (Å²) in [5, 5.41) is 7.70. The molecule has 6 heteroatoms. The predicted molar refractivity (Wildman–Crippen MR) is 142 cm³/mol. The lowest BCUT2D eigenvalue weighted by Gasteiger charge is -2.07. The highest BCUT2D eigenvalue weighted by Crippen LogP contribution is 2.35. The van der Waals surface area contributed by atoms with E-state index in [0.29, 0.717) is 0 Å². The van der Waals surface area contributed by atoms with E-state index >= 15 is 0 Å². The van der Waals surface area contributed by atoms with Crippen molar-refractivity contribution in [1.29, 1.82) is 0 Å². The van der Waals surface area contributed by atoms with Crippen LogP contribution in [0.5, 0.6) is 0 Å². The minimum Gasteiger partial charge on any atom is -0.356 e. The van der Waals surface area contributed by atoms with Crippen molar-refractivity contribution < 1.29 is 4.39 Å². The van der Waals surface area contributed by atoms with Gasteiger partial charge in [0.1, 0.15) is 17.0 Å². The first-order valence-corrected chi connectivity index (χ1v) is 11.4. The molecule has 174 valence electrons. The summed E-state index contributed by atoms with van der Waals surface area (Å²) in [5.41, 5.74) is 11.3. The Kier molecular flexibility index (Phi) is 5.87. The summed E-state index contributed by atoms with van der Waals surface area (Å²) in [6.07, 6.45) is 8.76. The van der Waals surface area contributed by atoms with Gasteiger partial charge in [-0.1, -0.05) is 42.0 Å². The Labute approximate surface area is 203 Å². The van der Waals surface area contributed by atoms with E-state index in [1.54, 1.807) is 13.3 Å². The lowest BCUT2D eigenvalue weighted by molar-refractivity contribution is 0.627. The van der Waals surface area contributed by atoms with Gasteiger partial charge in [-0.25, -0.2) is 9.37 Å². The summed E-state index contributed by atoms with van der Waals surface area (Å²) in [6.45, 7) is 8.04. The van der Waals surface area contributed by atoms with E-state index < -0.39 is 0 Å². The third kappa shape index (κ3) is 4.43. The van der Waals surface area contributed by atoms with Gasteiger partial charge in [0.2, 0.25) is 0 Å². The van der Waals surface area contributed by atoms with Crippen LogP contribution < -0.4 is 0 Å². The van der Waals surface area contributed by atoms with Crippen LogP contribution in [0.4, 0.5) is 4.39 Å². The number of pyridine rings is 1. The van der Waals surface area contributed by atoms with E-state index in [0.717, 1.165) is 68.1 Å². The second-order valence-corrected chi connectivity index (χ2v) is 8.85. The molecule has 0 saturated heterocycles. The third-order valence-corrected chi connectivity index (χ3v) is 5.96. The molecule has 0 spiro atoms. The van der Waals surface area contributed by atoms with Gasteiger partial charge in [0.15, 0.2) is 0 Å². The monoisotopic (exact) mass is 463 g/mol. The molecule has 0 saturated carbocycles. The molecule has 5 rings (SSSR count). The van der Waals surface area contributed by atoms with Crippen LogP contribution in [0.3, 0.4) is 0 Å². The zero-order valence-corrected chi connectivity index (χ0v) is 20.0. The molecule has 0 bridgehead atoms. The van der Waals surface area contributed by atoms with Crippen molar-refractivity contribution in [1.82, 2.24) is 20.2 Å². The van der Waals surface area contributed by atoms with Gasteiger partial charge in [0, 0.05) is 36.5 Å². The number of nitrogens with zero attached hydrogens (tertiary/aromatic N) is 3. The number of aromatic nitrogens is 4. The van der Waals surface area contributed by atoms with Crippen LogP contribution in [0.1, 0.15) is 36.4 Å². The van der Waals surface area contributed by atoms with Gasteiger partial charge in [0.05, 0.1) is 16.9 Å². The molecule has 1 aliphatic rings. The highest BCUT2D eigenvalue weighted by molar-refractivity contribution is 6.10. The van der Waals surface area contributed by atoms with Crippen LogP contribution in [-0.2, 0) is 6.42 Å². The first kappa shape index (κ1) is 22.5. The van der Waals surface area contributed by atoms with Crippen molar-refractivity contribution in [3.63, 3.8) is 0 Å². The van der Waals surface area contributed by atoms with Gasteiger partial charge in [-0.3, -0.25) is 10.1 Å². The molecule has 0 atom stereocenters. The number of aromatic amines is 2. The number of halogens is 1. The van der Waals surface area contributed by atoms with Crippen LogP contribution in [0.2, 0.25) is 0 Å². The Morgan fingerprint density at radius 3 is 2.69 bits per heavy atom. The first-order valence-electron chi connectivity index (χ1n) is 11.4. The van der Waals surface area contributed by atoms with Crippen molar-refractivity contribution in [2.45, 2.75) is 20.3 Å². The molecule has 0 aliphatic heterocycles. The zero-order valence-electron chi connectivity index (χ0n) is 20.0. The highest BCUT2D eigenvalue weighted by Gasteiger charge is 2.20. The number of hydrogen-bond donors (Lipinski definition) is 2. The van der Waals surface area contributed by atoms with Gasteiger partial charge in [-0.15, -0.1) is 0 Å². The topological polar surface area (TPSA) is 69.7 Å². The smallest absolute Gasteiger partial charge is 0.135 e. The van der Waals surface area contributed by atoms with Crippen molar-refractivity contribution in [2.24, 2.45) is 4.99 Å². The fraction of sp³-hybridized carbons (Fsp3) is 0.138. The maximum atomic E-state index is 13.6.